The SMILES string of the molecule is COCCOCCNC(=O)NC1(CC(=O)O)CCCC1. The highest BCUT2D eigenvalue weighted by molar-refractivity contribution is 5.76. The molecule has 0 spiro atoms. The quantitative estimate of drug-likeness (QED) is 0.544. The highest BCUT2D eigenvalue weighted by Gasteiger charge is 2.37. The third-order valence-electron chi connectivity index (χ3n) is 3.39. The van der Waals surface area contributed by atoms with Gasteiger partial charge in [-0.05, 0) is 12.8 Å². The molecule has 0 bridgehead atoms. The first-order chi connectivity index (χ1) is 9.58. The van der Waals surface area contributed by atoms with Crippen LogP contribution in [0.3, 0.4) is 0 Å². The molecule has 0 aromatic carbocycles. The van der Waals surface area contributed by atoms with Gasteiger partial charge >= 0.3 is 12.0 Å². The van der Waals surface area contributed by atoms with Crippen molar-refractivity contribution in [2.24, 2.45) is 0 Å². The first-order valence-corrected chi connectivity index (χ1v) is 6.92. The van der Waals surface area contributed by atoms with Crippen molar-refractivity contribution in [2.45, 2.75) is 37.6 Å². The molecule has 3 N–H and O–H groups in total. The zero-order valence-electron chi connectivity index (χ0n) is 11.9. The van der Waals surface area contributed by atoms with E-state index in [2.05, 4.69) is 10.6 Å². The monoisotopic (exact) mass is 288 g/mol. The lowest BCUT2D eigenvalue weighted by atomic mass is 9.93. The maximum Gasteiger partial charge on any atom is 0.315 e. The van der Waals surface area contributed by atoms with Crippen LogP contribution in [0.2, 0.25) is 0 Å². The summed E-state index contributed by atoms with van der Waals surface area (Å²) in [4.78, 5) is 22.7. The summed E-state index contributed by atoms with van der Waals surface area (Å²) in [7, 11) is 1.60. The van der Waals surface area contributed by atoms with E-state index >= 15 is 0 Å². The van der Waals surface area contributed by atoms with Crippen LogP contribution in [0.4, 0.5) is 4.79 Å². The van der Waals surface area contributed by atoms with Crippen molar-refractivity contribution >= 4 is 12.0 Å². The van der Waals surface area contributed by atoms with Gasteiger partial charge in [-0.3, -0.25) is 4.79 Å². The molecule has 7 heteroatoms. The number of urea groups is 1. The van der Waals surface area contributed by atoms with Gasteiger partial charge in [-0.2, -0.15) is 0 Å². The van der Waals surface area contributed by atoms with Gasteiger partial charge in [0.2, 0.25) is 0 Å². The highest BCUT2D eigenvalue weighted by atomic mass is 16.5. The molecule has 0 unspecified atom stereocenters. The number of methoxy groups -OCH3 is 1. The van der Waals surface area contributed by atoms with Gasteiger partial charge in [-0.25, -0.2) is 4.79 Å². The van der Waals surface area contributed by atoms with Crippen LogP contribution in [-0.4, -0.2) is 56.1 Å². The number of hydrogen-bond donors (Lipinski definition) is 3. The van der Waals surface area contributed by atoms with Gasteiger partial charge in [0.25, 0.3) is 0 Å². The minimum Gasteiger partial charge on any atom is -0.481 e. The van der Waals surface area contributed by atoms with Gasteiger partial charge < -0.3 is 25.2 Å². The summed E-state index contributed by atoms with van der Waals surface area (Å²) in [5, 5.41) is 14.4. The molecule has 20 heavy (non-hydrogen) atoms. The van der Waals surface area contributed by atoms with E-state index in [9.17, 15) is 9.59 Å². The van der Waals surface area contributed by atoms with Gasteiger partial charge in [0.05, 0.1) is 31.8 Å². The van der Waals surface area contributed by atoms with Crippen molar-refractivity contribution < 1.29 is 24.2 Å². The van der Waals surface area contributed by atoms with Gasteiger partial charge in [-0.1, -0.05) is 12.8 Å². The van der Waals surface area contributed by atoms with Crippen LogP contribution in [0, 0.1) is 0 Å². The van der Waals surface area contributed by atoms with Crippen LogP contribution in [0.5, 0.6) is 0 Å². The second-order valence-corrected chi connectivity index (χ2v) is 5.04. The van der Waals surface area contributed by atoms with Gasteiger partial charge in [0.1, 0.15) is 0 Å². The molecule has 2 amide bonds. The Balaban J connectivity index is 2.23. The number of carboxylic acid groups (broad SMARTS) is 1. The molecule has 0 saturated heterocycles. The highest BCUT2D eigenvalue weighted by Crippen LogP contribution is 2.32. The predicted octanol–water partition coefficient (Wildman–Crippen LogP) is 0.736. The second-order valence-electron chi connectivity index (χ2n) is 5.04. The molecule has 1 aliphatic carbocycles. The second kappa shape index (κ2) is 8.76. The third-order valence-corrected chi connectivity index (χ3v) is 3.39. The summed E-state index contributed by atoms with van der Waals surface area (Å²) >= 11 is 0. The number of amides is 2. The molecule has 0 atom stereocenters. The molecule has 0 heterocycles. The van der Waals surface area contributed by atoms with E-state index < -0.39 is 11.5 Å². The number of rotatable bonds is 9. The fourth-order valence-electron chi connectivity index (χ4n) is 2.45. The van der Waals surface area contributed by atoms with Crippen LogP contribution in [0.15, 0.2) is 0 Å². The third kappa shape index (κ3) is 6.21. The van der Waals surface area contributed by atoms with Crippen LogP contribution in [0.1, 0.15) is 32.1 Å². The predicted molar refractivity (Wildman–Crippen MR) is 72.7 cm³/mol. The lowest BCUT2D eigenvalue weighted by Gasteiger charge is -2.28. The number of nitrogens with one attached hydrogen (secondary N) is 2. The Hall–Kier alpha value is -1.34. The Bertz CT molecular complexity index is 316. The first-order valence-electron chi connectivity index (χ1n) is 6.92. The van der Waals surface area contributed by atoms with E-state index in [4.69, 9.17) is 14.6 Å². The molecule has 1 fully saturated rings. The molecule has 1 saturated carbocycles. The van der Waals surface area contributed by atoms with E-state index in [0.29, 0.717) is 26.4 Å². The van der Waals surface area contributed by atoms with Crippen LogP contribution < -0.4 is 10.6 Å². The van der Waals surface area contributed by atoms with Crippen molar-refractivity contribution in [3.8, 4) is 0 Å². The van der Waals surface area contributed by atoms with Crippen molar-refractivity contribution in [3.05, 3.63) is 0 Å². The number of carboxylic acids is 1. The molecule has 1 rings (SSSR count). The lowest BCUT2D eigenvalue weighted by molar-refractivity contribution is -0.138. The first kappa shape index (κ1) is 16.7. The van der Waals surface area contributed by atoms with Crippen molar-refractivity contribution in [1.29, 1.82) is 0 Å². The van der Waals surface area contributed by atoms with Crippen LogP contribution >= 0.6 is 0 Å². The van der Waals surface area contributed by atoms with Crippen LogP contribution in [0.25, 0.3) is 0 Å². The standard InChI is InChI=1S/C13H24N2O5/c1-19-8-9-20-7-6-14-12(18)15-13(10-11(16)17)4-2-3-5-13/h2-10H2,1H3,(H,16,17)(H2,14,15,18). The van der Waals surface area contributed by atoms with Crippen molar-refractivity contribution in [1.82, 2.24) is 10.6 Å². The molecule has 0 aromatic rings. The minimum absolute atomic E-state index is 0.0231. The van der Waals surface area contributed by atoms with Crippen LogP contribution in [-0.2, 0) is 14.3 Å². The number of carbonyl (C=O) groups excluding carboxylic acids is 1. The maximum absolute atomic E-state index is 11.8. The molecular formula is C13H24N2O5. The lowest BCUT2D eigenvalue weighted by Crippen LogP contribution is -2.52. The molecule has 0 aliphatic heterocycles. The van der Waals surface area contributed by atoms with E-state index in [1.807, 2.05) is 0 Å². The summed E-state index contributed by atoms with van der Waals surface area (Å²) in [6.07, 6.45) is 3.32. The van der Waals surface area contributed by atoms with Gasteiger partial charge in [0, 0.05) is 13.7 Å². The molecule has 1 aliphatic rings. The summed E-state index contributed by atoms with van der Waals surface area (Å²) < 4.78 is 10.1. The Labute approximate surface area is 119 Å². The zero-order valence-corrected chi connectivity index (χ0v) is 11.9. The number of aliphatic carboxylic acids is 1. The number of carbonyl (C=O) groups is 2. The molecule has 116 valence electrons. The van der Waals surface area contributed by atoms with Crippen molar-refractivity contribution in [3.63, 3.8) is 0 Å². The summed E-state index contributed by atoms with van der Waals surface area (Å²) in [6, 6.07) is -0.330. The average Bonchev–Trinajstić information content (AvgIpc) is 2.80. The fourth-order valence-corrected chi connectivity index (χ4v) is 2.45. The normalized spacial score (nSPS) is 16.9. The Morgan fingerprint density at radius 3 is 2.50 bits per heavy atom. The molecule has 7 nitrogen and oxygen atoms in total. The Kier molecular flexibility index (Phi) is 7.32. The Morgan fingerprint density at radius 1 is 1.20 bits per heavy atom. The molecule has 0 aromatic heterocycles. The smallest absolute Gasteiger partial charge is 0.315 e. The minimum atomic E-state index is -0.880. The van der Waals surface area contributed by atoms with Crippen molar-refractivity contribution in [2.75, 3.05) is 33.5 Å². The number of hydrogen-bond acceptors (Lipinski definition) is 4. The Morgan fingerprint density at radius 2 is 1.90 bits per heavy atom. The average molecular weight is 288 g/mol. The van der Waals surface area contributed by atoms with E-state index in [0.717, 1.165) is 25.7 Å². The van der Waals surface area contributed by atoms with Gasteiger partial charge in [0.15, 0.2) is 0 Å². The summed E-state index contributed by atoms with van der Waals surface area (Å²) in [5.74, 6) is -0.880. The van der Waals surface area contributed by atoms with Gasteiger partial charge in [-0.15, -0.1) is 0 Å². The largest absolute Gasteiger partial charge is 0.481 e. The fraction of sp³-hybridized carbons (Fsp3) is 0.846. The van der Waals surface area contributed by atoms with E-state index in [-0.39, 0.29) is 12.5 Å². The summed E-state index contributed by atoms with van der Waals surface area (Å²) in [5.41, 5.74) is -0.590. The summed E-state index contributed by atoms with van der Waals surface area (Å²) in [6.45, 7) is 1.80. The number of ether oxygens (including phenoxy) is 2. The van der Waals surface area contributed by atoms with E-state index in [1.165, 1.54) is 0 Å². The molecule has 0 radical (unpaired) electrons. The topological polar surface area (TPSA) is 96.9 Å². The maximum atomic E-state index is 11.8. The van der Waals surface area contributed by atoms with E-state index in [1.54, 1.807) is 7.11 Å². The molecular weight excluding hydrogens is 264 g/mol. The zero-order chi connectivity index (χ0) is 14.8.